The number of ether oxygens (including phenoxy) is 1. The predicted molar refractivity (Wildman–Crippen MR) is 86.4 cm³/mol. The third-order valence-electron chi connectivity index (χ3n) is 4.98. The SMILES string of the molecule is OC[C@H]1O[C@@H](n2cnc3c(NC4CCCC4)nccc32)[C@@H](O)C1O. The normalized spacial score (nSPS) is 31.1. The van der Waals surface area contributed by atoms with Crippen molar-refractivity contribution in [2.45, 2.75) is 56.3 Å². The van der Waals surface area contributed by atoms with Crippen LogP contribution in [0.4, 0.5) is 5.82 Å². The van der Waals surface area contributed by atoms with Crippen molar-refractivity contribution >= 4 is 16.9 Å². The van der Waals surface area contributed by atoms with Crippen molar-refractivity contribution in [3.8, 4) is 0 Å². The van der Waals surface area contributed by atoms with Crippen LogP contribution in [0.3, 0.4) is 0 Å². The zero-order chi connectivity index (χ0) is 16.7. The maximum absolute atomic E-state index is 10.2. The fourth-order valence-corrected chi connectivity index (χ4v) is 3.64. The number of aliphatic hydroxyl groups excluding tert-OH is 3. The Kier molecular flexibility index (Phi) is 4.13. The van der Waals surface area contributed by atoms with E-state index in [0.29, 0.717) is 11.6 Å². The van der Waals surface area contributed by atoms with Gasteiger partial charge in [0.15, 0.2) is 12.0 Å². The lowest BCUT2D eigenvalue weighted by Gasteiger charge is -2.17. The van der Waals surface area contributed by atoms with Crippen molar-refractivity contribution in [3.63, 3.8) is 0 Å². The second kappa shape index (κ2) is 6.29. The van der Waals surface area contributed by atoms with Crippen molar-refractivity contribution in [2.24, 2.45) is 0 Å². The Labute approximate surface area is 139 Å². The molecule has 2 aromatic rings. The number of anilines is 1. The van der Waals surface area contributed by atoms with E-state index in [1.54, 1.807) is 23.2 Å². The highest BCUT2D eigenvalue weighted by atomic mass is 16.6. The van der Waals surface area contributed by atoms with Gasteiger partial charge in [0.1, 0.15) is 23.8 Å². The van der Waals surface area contributed by atoms with E-state index in [4.69, 9.17) is 4.74 Å². The summed E-state index contributed by atoms with van der Waals surface area (Å²) >= 11 is 0. The van der Waals surface area contributed by atoms with Gasteiger partial charge in [-0.15, -0.1) is 0 Å². The number of imidazole rings is 1. The molecule has 3 heterocycles. The Hall–Kier alpha value is -1.74. The highest BCUT2D eigenvalue weighted by Gasteiger charge is 2.43. The van der Waals surface area contributed by atoms with Gasteiger partial charge < -0.3 is 29.9 Å². The van der Waals surface area contributed by atoms with Crippen molar-refractivity contribution in [1.29, 1.82) is 0 Å². The van der Waals surface area contributed by atoms with Crippen LogP contribution in [0.2, 0.25) is 0 Å². The highest BCUT2D eigenvalue weighted by molar-refractivity contribution is 5.86. The largest absolute Gasteiger partial charge is 0.394 e. The van der Waals surface area contributed by atoms with Crippen molar-refractivity contribution in [3.05, 3.63) is 18.6 Å². The summed E-state index contributed by atoms with van der Waals surface area (Å²) in [5.41, 5.74) is 1.47. The minimum Gasteiger partial charge on any atom is -0.394 e. The first kappa shape index (κ1) is 15.8. The molecule has 1 unspecified atom stereocenters. The van der Waals surface area contributed by atoms with E-state index in [1.165, 1.54) is 12.8 Å². The van der Waals surface area contributed by atoms with E-state index in [2.05, 4.69) is 15.3 Å². The highest BCUT2D eigenvalue weighted by Crippen LogP contribution is 2.33. The summed E-state index contributed by atoms with van der Waals surface area (Å²) in [4.78, 5) is 8.81. The smallest absolute Gasteiger partial charge is 0.164 e. The summed E-state index contributed by atoms with van der Waals surface area (Å²) in [5, 5.41) is 32.9. The standard InChI is InChI=1S/C16H22N4O4/c21-7-11-13(22)14(23)16(24-11)20-8-18-12-10(20)5-6-17-15(12)19-9-3-1-2-4-9/h5-6,8-9,11,13-14,16,21-23H,1-4,7H2,(H,17,19)/t11-,13?,14+,16-/m1/s1. The predicted octanol–water partition coefficient (Wildman–Crippen LogP) is 0.397. The lowest BCUT2D eigenvalue weighted by Crippen LogP contribution is -2.33. The molecule has 4 N–H and O–H groups in total. The first-order valence-electron chi connectivity index (χ1n) is 8.39. The van der Waals surface area contributed by atoms with E-state index in [-0.39, 0.29) is 6.61 Å². The Bertz CT molecular complexity index is 715. The van der Waals surface area contributed by atoms with Crippen molar-refractivity contribution < 1.29 is 20.1 Å². The molecule has 0 bridgehead atoms. The number of nitrogens with one attached hydrogen (secondary N) is 1. The second-order valence-electron chi connectivity index (χ2n) is 6.53. The number of pyridine rings is 1. The molecule has 130 valence electrons. The molecule has 1 aliphatic heterocycles. The molecule has 24 heavy (non-hydrogen) atoms. The van der Waals surface area contributed by atoms with Crippen LogP contribution in [0.15, 0.2) is 18.6 Å². The summed E-state index contributed by atoms with van der Waals surface area (Å²) in [6.45, 7) is -0.350. The Morgan fingerprint density at radius 2 is 2.00 bits per heavy atom. The number of hydrogen-bond acceptors (Lipinski definition) is 7. The van der Waals surface area contributed by atoms with Gasteiger partial charge in [-0.25, -0.2) is 9.97 Å². The third-order valence-corrected chi connectivity index (χ3v) is 4.98. The van der Waals surface area contributed by atoms with Gasteiger partial charge in [-0.05, 0) is 18.9 Å². The van der Waals surface area contributed by atoms with Crippen LogP contribution in [0, 0.1) is 0 Å². The molecule has 4 atom stereocenters. The van der Waals surface area contributed by atoms with Crippen LogP contribution in [0.1, 0.15) is 31.9 Å². The monoisotopic (exact) mass is 334 g/mol. The lowest BCUT2D eigenvalue weighted by molar-refractivity contribution is -0.0508. The van der Waals surface area contributed by atoms with Crippen LogP contribution in [0.5, 0.6) is 0 Å². The third kappa shape index (κ3) is 2.55. The van der Waals surface area contributed by atoms with Crippen LogP contribution in [-0.2, 0) is 4.74 Å². The van der Waals surface area contributed by atoms with Gasteiger partial charge >= 0.3 is 0 Å². The van der Waals surface area contributed by atoms with Crippen molar-refractivity contribution in [1.82, 2.24) is 14.5 Å². The number of aromatic nitrogens is 3. The first-order valence-corrected chi connectivity index (χ1v) is 8.39. The molecule has 0 radical (unpaired) electrons. The van der Waals surface area contributed by atoms with E-state index in [9.17, 15) is 15.3 Å². The van der Waals surface area contributed by atoms with Crippen LogP contribution >= 0.6 is 0 Å². The molecule has 0 spiro atoms. The van der Waals surface area contributed by atoms with E-state index < -0.39 is 24.5 Å². The number of aliphatic hydroxyl groups is 3. The Morgan fingerprint density at radius 1 is 1.21 bits per heavy atom. The summed E-state index contributed by atoms with van der Waals surface area (Å²) in [6.07, 6.45) is 4.14. The zero-order valence-corrected chi connectivity index (χ0v) is 13.2. The topological polar surface area (TPSA) is 113 Å². The number of nitrogens with zero attached hydrogens (tertiary/aromatic N) is 3. The summed E-state index contributed by atoms with van der Waals surface area (Å²) in [7, 11) is 0. The van der Waals surface area contributed by atoms with Gasteiger partial charge in [0.2, 0.25) is 0 Å². The molecule has 1 saturated carbocycles. The summed E-state index contributed by atoms with van der Waals surface area (Å²) < 4.78 is 7.27. The van der Waals surface area contributed by atoms with E-state index in [0.717, 1.165) is 24.2 Å². The van der Waals surface area contributed by atoms with Gasteiger partial charge in [-0.1, -0.05) is 12.8 Å². The van der Waals surface area contributed by atoms with E-state index in [1.807, 2.05) is 0 Å². The van der Waals surface area contributed by atoms with Crippen LogP contribution in [0.25, 0.3) is 11.0 Å². The fourth-order valence-electron chi connectivity index (χ4n) is 3.64. The summed E-state index contributed by atoms with van der Waals surface area (Å²) in [5.74, 6) is 0.727. The number of fused-ring (bicyclic) bond motifs is 1. The first-order chi connectivity index (χ1) is 11.7. The fraction of sp³-hybridized carbons (Fsp3) is 0.625. The second-order valence-corrected chi connectivity index (χ2v) is 6.53. The van der Waals surface area contributed by atoms with Gasteiger partial charge in [0.25, 0.3) is 0 Å². The van der Waals surface area contributed by atoms with Crippen LogP contribution < -0.4 is 5.32 Å². The Morgan fingerprint density at radius 3 is 2.71 bits per heavy atom. The quantitative estimate of drug-likeness (QED) is 0.640. The van der Waals surface area contributed by atoms with Gasteiger partial charge in [-0.2, -0.15) is 0 Å². The number of rotatable bonds is 4. The molecule has 0 amide bonds. The van der Waals surface area contributed by atoms with Gasteiger partial charge in [-0.3, -0.25) is 0 Å². The van der Waals surface area contributed by atoms with Gasteiger partial charge in [0.05, 0.1) is 18.5 Å². The molecule has 0 aromatic carbocycles. The molecule has 2 fully saturated rings. The molecule has 4 rings (SSSR count). The molecule has 1 saturated heterocycles. The maximum Gasteiger partial charge on any atom is 0.164 e. The molecule has 2 aromatic heterocycles. The minimum absolute atomic E-state index is 0.350. The van der Waals surface area contributed by atoms with E-state index >= 15 is 0 Å². The zero-order valence-electron chi connectivity index (χ0n) is 13.2. The maximum atomic E-state index is 10.2. The molecule has 1 aliphatic carbocycles. The summed E-state index contributed by atoms with van der Waals surface area (Å²) in [6, 6.07) is 2.22. The molecule has 8 heteroatoms. The lowest BCUT2D eigenvalue weighted by atomic mass is 10.1. The minimum atomic E-state index is -1.13. The molecular weight excluding hydrogens is 312 g/mol. The molecule has 8 nitrogen and oxygen atoms in total. The number of hydrogen-bond donors (Lipinski definition) is 4. The molecule has 2 aliphatic rings. The molecular formula is C16H22N4O4. The Balaban J connectivity index is 1.65. The van der Waals surface area contributed by atoms with Gasteiger partial charge in [0, 0.05) is 12.2 Å². The average molecular weight is 334 g/mol. The average Bonchev–Trinajstić information content (AvgIpc) is 3.30. The van der Waals surface area contributed by atoms with Crippen molar-refractivity contribution in [2.75, 3.05) is 11.9 Å². The van der Waals surface area contributed by atoms with Crippen LogP contribution in [-0.4, -0.2) is 60.8 Å².